The van der Waals surface area contributed by atoms with E-state index in [-0.39, 0.29) is 30.6 Å². The number of hydrogen-bond donors (Lipinski definition) is 1. The molecular weight excluding hydrogens is 444 g/mol. The first-order chi connectivity index (χ1) is 17.0. The van der Waals surface area contributed by atoms with Crippen molar-refractivity contribution >= 4 is 11.7 Å². The molecule has 0 spiro atoms. The summed E-state index contributed by atoms with van der Waals surface area (Å²) in [6.07, 6.45) is 4.43. The molecule has 2 heterocycles. The first-order valence-corrected chi connectivity index (χ1v) is 12.7. The minimum atomic E-state index is -0.0107. The van der Waals surface area contributed by atoms with E-state index in [0.717, 1.165) is 48.9 Å². The van der Waals surface area contributed by atoms with Gasteiger partial charge in [-0.15, -0.1) is 0 Å². The Balaban J connectivity index is 1.27. The van der Waals surface area contributed by atoms with Crippen molar-refractivity contribution in [2.45, 2.75) is 64.5 Å². The van der Waals surface area contributed by atoms with E-state index in [4.69, 9.17) is 14.2 Å². The third-order valence-electron chi connectivity index (χ3n) is 6.32. The molecule has 2 aliphatic heterocycles. The van der Waals surface area contributed by atoms with Crippen molar-refractivity contribution in [3.05, 3.63) is 53.6 Å². The summed E-state index contributed by atoms with van der Waals surface area (Å²) in [6, 6.07) is 13.2. The quantitative estimate of drug-likeness (QED) is 0.455. The van der Waals surface area contributed by atoms with Gasteiger partial charge in [-0.2, -0.15) is 0 Å². The summed E-state index contributed by atoms with van der Waals surface area (Å²) >= 11 is 0. The van der Waals surface area contributed by atoms with Crippen LogP contribution in [0.25, 0.3) is 0 Å². The molecule has 7 nitrogen and oxygen atoms in total. The summed E-state index contributed by atoms with van der Waals surface area (Å²) in [5, 5.41) is 3.22. The fraction of sp³-hybridized carbons (Fsp3) is 0.500. The van der Waals surface area contributed by atoms with Crippen molar-refractivity contribution in [3.63, 3.8) is 0 Å². The highest BCUT2D eigenvalue weighted by atomic mass is 16.7. The number of amides is 1. The molecule has 2 aromatic carbocycles. The molecule has 0 bridgehead atoms. The first-order valence-electron chi connectivity index (χ1n) is 12.7. The minimum absolute atomic E-state index is 0.00479. The van der Waals surface area contributed by atoms with Gasteiger partial charge in [0.05, 0.1) is 6.10 Å². The van der Waals surface area contributed by atoms with Gasteiger partial charge < -0.3 is 24.4 Å². The number of carbonyl (C=O) groups is 2. The average Bonchev–Trinajstić information content (AvgIpc) is 3.50. The van der Waals surface area contributed by atoms with Crippen LogP contribution in [0.5, 0.6) is 17.2 Å². The molecule has 0 aromatic heterocycles. The van der Waals surface area contributed by atoms with E-state index in [0.29, 0.717) is 24.8 Å². The van der Waals surface area contributed by atoms with Gasteiger partial charge in [-0.1, -0.05) is 6.07 Å². The summed E-state index contributed by atoms with van der Waals surface area (Å²) in [6.45, 7) is 7.15. The van der Waals surface area contributed by atoms with Crippen molar-refractivity contribution in [1.82, 2.24) is 10.2 Å². The van der Waals surface area contributed by atoms with E-state index in [1.807, 2.05) is 44.2 Å². The lowest BCUT2D eigenvalue weighted by atomic mass is 10.0. The Morgan fingerprint density at radius 3 is 2.49 bits per heavy atom. The Bertz CT molecular complexity index is 999. The second-order valence-electron chi connectivity index (χ2n) is 9.63. The number of Topliss-reactive ketones (excluding diaryl/α,β-unsaturated/α-hetero) is 1. The number of hydrogen-bond acceptors (Lipinski definition) is 6. The summed E-state index contributed by atoms with van der Waals surface area (Å²) in [4.78, 5) is 27.7. The number of nitrogens with one attached hydrogen (secondary N) is 1. The van der Waals surface area contributed by atoms with E-state index in [9.17, 15) is 9.59 Å². The number of ketones is 1. The highest BCUT2D eigenvalue weighted by Crippen LogP contribution is 2.32. The molecule has 0 aliphatic carbocycles. The van der Waals surface area contributed by atoms with Gasteiger partial charge in [0.1, 0.15) is 5.75 Å². The predicted molar refractivity (Wildman–Crippen MR) is 134 cm³/mol. The average molecular weight is 481 g/mol. The van der Waals surface area contributed by atoms with Crippen LogP contribution in [0.15, 0.2) is 42.5 Å². The Labute approximate surface area is 207 Å². The standard InChI is InChI=1S/C28H36N2O5/c1-20(2)35-24-11-9-22(10-12-24)25(31)6-5-7-28(32)29-23(18-30-14-3-4-15-30)16-21-8-13-26-27(17-21)34-19-33-26/h8-13,17,20,23H,3-7,14-16,18-19H2,1-2H3,(H,29,32). The molecule has 1 fully saturated rings. The van der Waals surface area contributed by atoms with Crippen LogP contribution >= 0.6 is 0 Å². The smallest absolute Gasteiger partial charge is 0.231 e. The van der Waals surface area contributed by atoms with Crippen molar-refractivity contribution in [3.8, 4) is 17.2 Å². The second-order valence-corrected chi connectivity index (χ2v) is 9.63. The zero-order chi connectivity index (χ0) is 24.6. The van der Waals surface area contributed by atoms with Crippen LogP contribution in [0.1, 0.15) is 61.9 Å². The molecule has 188 valence electrons. The molecule has 0 radical (unpaired) electrons. The Morgan fingerprint density at radius 1 is 1.00 bits per heavy atom. The largest absolute Gasteiger partial charge is 0.491 e. The highest BCUT2D eigenvalue weighted by molar-refractivity contribution is 5.96. The number of likely N-dealkylation sites (tertiary alicyclic amines) is 1. The molecule has 2 aromatic rings. The van der Waals surface area contributed by atoms with Crippen LogP contribution in [0.3, 0.4) is 0 Å². The zero-order valence-electron chi connectivity index (χ0n) is 20.8. The lowest BCUT2D eigenvalue weighted by Crippen LogP contribution is -2.44. The minimum Gasteiger partial charge on any atom is -0.491 e. The molecule has 2 aliphatic rings. The topological polar surface area (TPSA) is 77.1 Å². The maximum absolute atomic E-state index is 12.8. The third kappa shape index (κ3) is 7.46. The molecule has 4 rings (SSSR count). The van der Waals surface area contributed by atoms with Crippen molar-refractivity contribution in [2.75, 3.05) is 26.4 Å². The maximum Gasteiger partial charge on any atom is 0.231 e. The van der Waals surface area contributed by atoms with Crippen molar-refractivity contribution < 1.29 is 23.8 Å². The number of benzene rings is 2. The Morgan fingerprint density at radius 2 is 1.74 bits per heavy atom. The van der Waals surface area contributed by atoms with E-state index < -0.39 is 0 Å². The summed E-state index contributed by atoms with van der Waals surface area (Å²) in [5.74, 6) is 2.31. The monoisotopic (exact) mass is 480 g/mol. The van der Waals surface area contributed by atoms with Gasteiger partial charge in [-0.25, -0.2) is 0 Å². The lowest BCUT2D eigenvalue weighted by molar-refractivity contribution is -0.122. The van der Waals surface area contributed by atoms with E-state index in [1.54, 1.807) is 12.1 Å². The molecule has 1 amide bonds. The lowest BCUT2D eigenvalue weighted by Gasteiger charge is -2.25. The van der Waals surface area contributed by atoms with Gasteiger partial charge in [-0.05, 0) is 94.6 Å². The number of nitrogens with zero attached hydrogens (tertiary/aromatic N) is 1. The van der Waals surface area contributed by atoms with Gasteiger partial charge in [0.25, 0.3) is 0 Å². The number of rotatable bonds is 12. The molecule has 1 atom stereocenters. The van der Waals surface area contributed by atoms with Gasteiger partial charge in [0.15, 0.2) is 17.3 Å². The van der Waals surface area contributed by atoms with Crippen LogP contribution in [0.2, 0.25) is 0 Å². The molecule has 0 saturated carbocycles. The van der Waals surface area contributed by atoms with Crippen LogP contribution in [0.4, 0.5) is 0 Å². The van der Waals surface area contributed by atoms with Gasteiger partial charge >= 0.3 is 0 Å². The second kappa shape index (κ2) is 12.1. The Hall–Kier alpha value is -3.06. The summed E-state index contributed by atoms with van der Waals surface area (Å²) < 4.78 is 16.6. The van der Waals surface area contributed by atoms with Crippen LogP contribution in [-0.2, 0) is 11.2 Å². The molecule has 1 saturated heterocycles. The number of fused-ring (bicyclic) bond motifs is 1. The molecule has 1 N–H and O–H groups in total. The molecule has 1 unspecified atom stereocenters. The van der Waals surface area contributed by atoms with E-state index >= 15 is 0 Å². The van der Waals surface area contributed by atoms with Gasteiger partial charge in [-0.3, -0.25) is 9.59 Å². The highest BCUT2D eigenvalue weighted by Gasteiger charge is 2.21. The fourth-order valence-corrected chi connectivity index (χ4v) is 4.64. The fourth-order valence-electron chi connectivity index (χ4n) is 4.64. The summed E-state index contributed by atoms with van der Waals surface area (Å²) in [7, 11) is 0. The zero-order valence-corrected chi connectivity index (χ0v) is 20.8. The van der Waals surface area contributed by atoms with E-state index in [1.165, 1.54) is 12.8 Å². The predicted octanol–water partition coefficient (Wildman–Crippen LogP) is 4.38. The maximum atomic E-state index is 12.8. The molecular formula is C28H36N2O5. The van der Waals surface area contributed by atoms with Crippen LogP contribution in [0, 0.1) is 0 Å². The van der Waals surface area contributed by atoms with Gasteiger partial charge in [0, 0.05) is 31.0 Å². The SMILES string of the molecule is CC(C)Oc1ccc(C(=O)CCCC(=O)NC(Cc2ccc3c(c2)OCO3)CN2CCCC2)cc1. The third-order valence-corrected chi connectivity index (χ3v) is 6.32. The normalized spacial score (nSPS) is 15.9. The van der Waals surface area contributed by atoms with E-state index in [2.05, 4.69) is 10.2 Å². The molecule has 35 heavy (non-hydrogen) atoms. The summed E-state index contributed by atoms with van der Waals surface area (Å²) in [5.41, 5.74) is 1.76. The van der Waals surface area contributed by atoms with Crippen molar-refractivity contribution in [1.29, 1.82) is 0 Å². The molecule has 7 heteroatoms. The Kier molecular flexibility index (Phi) is 8.64. The first kappa shape index (κ1) is 25.0. The van der Waals surface area contributed by atoms with Gasteiger partial charge in [0.2, 0.25) is 12.7 Å². The van der Waals surface area contributed by atoms with Crippen LogP contribution < -0.4 is 19.5 Å². The number of ether oxygens (including phenoxy) is 3. The van der Waals surface area contributed by atoms with Crippen molar-refractivity contribution in [2.24, 2.45) is 0 Å². The van der Waals surface area contributed by atoms with Crippen LogP contribution in [-0.4, -0.2) is 55.2 Å². The number of carbonyl (C=O) groups excluding carboxylic acids is 2.